The predicted molar refractivity (Wildman–Crippen MR) is 74.7 cm³/mol. The molecule has 19 heavy (non-hydrogen) atoms. The highest BCUT2D eigenvalue weighted by atomic mass is 19.1. The van der Waals surface area contributed by atoms with E-state index in [0.29, 0.717) is 12.3 Å². The molecule has 4 heteroatoms. The summed E-state index contributed by atoms with van der Waals surface area (Å²) >= 11 is 0. The Labute approximate surface area is 114 Å². The van der Waals surface area contributed by atoms with Crippen molar-refractivity contribution in [3.63, 3.8) is 0 Å². The molecule has 1 aromatic carbocycles. The number of methoxy groups -OCH3 is 1. The minimum Gasteiger partial charge on any atom is -0.494 e. The van der Waals surface area contributed by atoms with E-state index in [4.69, 9.17) is 10.5 Å². The first-order chi connectivity index (χ1) is 9.11. The van der Waals surface area contributed by atoms with Crippen LogP contribution in [-0.2, 0) is 6.54 Å². The second-order valence-electron chi connectivity index (χ2n) is 5.46. The smallest absolute Gasteiger partial charge is 0.165 e. The normalized spacial score (nSPS) is 17.9. The van der Waals surface area contributed by atoms with E-state index in [2.05, 4.69) is 11.9 Å². The van der Waals surface area contributed by atoms with Gasteiger partial charge in [-0.2, -0.15) is 0 Å². The lowest BCUT2D eigenvalue weighted by molar-refractivity contribution is 0.124. The van der Waals surface area contributed by atoms with E-state index >= 15 is 0 Å². The van der Waals surface area contributed by atoms with E-state index in [1.807, 2.05) is 6.07 Å². The maximum absolute atomic E-state index is 13.7. The van der Waals surface area contributed by atoms with Crippen LogP contribution in [0.2, 0.25) is 0 Å². The summed E-state index contributed by atoms with van der Waals surface area (Å²) in [5.41, 5.74) is 7.02. The molecule has 0 aliphatic heterocycles. The number of hydrogen-bond acceptors (Lipinski definition) is 3. The summed E-state index contributed by atoms with van der Waals surface area (Å²) in [7, 11) is 3.56. The second kappa shape index (κ2) is 5.88. The van der Waals surface area contributed by atoms with Crippen molar-refractivity contribution in [1.82, 2.24) is 4.90 Å². The van der Waals surface area contributed by atoms with Crippen LogP contribution in [-0.4, -0.2) is 31.1 Å². The largest absolute Gasteiger partial charge is 0.494 e. The topological polar surface area (TPSA) is 38.5 Å². The summed E-state index contributed by atoms with van der Waals surface area (Å²) in [4.78, 5) is 2.28. The number of halogens is 1. The Morgan fingerprint density at radius 2 is 2.05 bits per heavy atom. The average molecular weight is 266 g/mol. The zero-order valence-corrected chi connectivity index (χ0v) is 11.8. The van der Waals surface area contributed by atoms with Gasteiger partial charge >= 0.3 is 0 Å². The zero-order chi connectivity index (χ0) is 13.9. The van der Waals surface area contributed by atoms with Gasteiger partial charge in [-0.25, -0.2) is 4.39 Å². The number of ether oxygens (including phenoxy) is 1. The Morgan fingerprint density at radius 1 is 1.37 bits per heavy atom. The quantitative estimate of drug-likeness (QED) is 0.890. The Bertz CT molecular complexity index is 430. The van der Waals surface area contributed by atoms with Crippen molar-refractivity contribution < 1.29 is 9.13 Å². The van der Waals surface area contributed by atoms with Gasteiger partial charge in [-0.3, -0.25) is 4.90 Å². The highest BCUT2D eigenvalue weighted by Gasteiger charge is 2.36. The minimum atomic E-state index is -0.304. The van der Waals surface area contributed by atoms with Crippen molar-refractivity contribution in [2.24, 2.45) is 5.73 Å². The van der Waals surface area contributed by atoms with Gasteiger partial charge in [-0.1, -0.05) is 18.9 Å². The van der Waals surface area contributed by atoms with Gasteiger partial charge in [-0.05, 0) is 37.6 Å². The predicted octanol–water partition coefficient (Wildman–Crippen LogP) is 2.54. The summed E-state index contributed by atoms with van der Waals surface area (Å²) in [5.74, 6) is -0.0116. The lowest BCUT2D eigenvalue weighted by Crippen LogP contribution is -2.49. The Kier molecular flexibility index (Phi) is 4.42. The number of nitrogens with two attached hydrogens (primary N) is 1. The average Bonchev–Trinajstić information content (AvgIpc) is 2.89. The number of rotatable bonds is 5. The maximum atomic E-state index is 13.7. The standard InChI is InChI=1S/C15H23FN2O/c1-18(15(11-17)7-3-4-8-15)10-12-5-6-14(19-2)13(16)9-12/h5-6,9H,3-4,7-8,10-11,17H2,1-2H3. The van der Waals surface area contributed by atoms with E-state index in [1.165, 1.54) is 20.0 Å². The van der Waals surface area contributed by atoms with Crippen LogP contribution in [0.3, 0.4) is 0 Å². The van der Waals surface area contributed by atoms with Crippen LogP contribution in [0, 0.1) is 5.82 Å². The van der Waals surface area contributed by atoms with E-state index in [9.17, 15) is 4.39 Å². The molecule has 3 nitrogen and oxygen atoms in total. The van der Waals surface area contributed by atoms with Crippen LogP contribution in [0.25, 0.3) is 0 Å². The van der Waals surface area contributed by atoms with Gasteiger partial charge in [0.1, 0.15) is 0 Å². The van der Waals surface area contributed by atoms with Gasteiger partial charge < -0.3 is 10.5 Å². The van der Waals surface area contributed by atoms with Crippen LogP contribution in [0.4, 0.5) is 4.39 Å². The van der Waals surface area contributed by atoms with Gasteiger partial charge in [0.25, 0.3) is 0 Å². The van der Waals surface area contributed by atoms with Crippen molar-refractivity contribution in [2.45, 2.75) is 37.8 Å². The first kappa shape index (κ1) is 14.3. The summed E-state index contributed by atoms with van der Waals surface area (Å²) in [5, 5.41) is 0. The number of likely N-dealkylation sites (N-methyl/N-ethyl adjacent to an activating group) is 1. The van der Waals surface area contributed by atoms with Crippen LogP contribution in [0.5, 0.6) is 5.75 Å². The van der Waals surface area contributed by atoms with Gasteiger partial charge in [-0.15, -0.1) is 0 Å². The summed E-state index contributed by atoms with van der Waals surface area (Å²) in [6.07, 6.45) is 4.74. The van der Waals surface area contributed by atoms with Crippen molar-refractivity contribution >= 4 is 0 Å². The third-order valence-corrected chi connectivity index (χ3v) is 4.36. The zero-order valence-electron chi connectivity index (χ0n) is 11.8. The molecule has 0 aromatic heterocycles. The van der Waals surface area contributed by atoms with Crippen molar-refractivity contribution in [3.8, 4) is 5.75 Å². The molecule has 1 aliphatic rings. The molecule has 106 valence electrons. The molecule has 0 amide bonds. The van der Waals surface area contributed by atoms with Crippen LogP contribution < -0.4 is 10.5 Å². The molecule has 1 aromatic rings. The molecule has 0 unspecified atom stereocenters. The molecule has 0 heterocycles. The highest BCUT2D eigenvalue weighted by Crippen LogP contribution is 2.34. The van der Waals surface area contributed by atoms with E-state index in [1.54, 1.807) is 12.1 Å². The molecule has 1 saturated carbocycles. The van der Waals surface area contributed by atoms with Gasteiger partial charge in [0.2, 0.25) is 0 Å². The van der Waals surface area contributed by atoms with E-state index in [-0.39, 0.29) is 11.4 Å². The lowest BCUT2D eigenvalue weighted by Gasteiger charge is -2.38. The molecule has 0 atom stereocenters. The molecular formula is C15H23FN2O. The summed E-state index contributed by atoms with van der Waals surface area (Å²) < 4.78 is 18.6. The third kappa shape index (κ3) is 2.90. The third-order valence-electron chi connectivity index (χ3n) is 4.36. The van der Waals surface area contributed by atoms with Crippen LogP contribution >= 0.6 is 0 Å². The Hall–Kier alpha value is -1.13. The first-order valence-electron chi connectivity index (χ1n) is 6.85. The van der Waals surface area contributed by atoms with Gasteiger partial charge in [0, 0.05) is 18.6 Å². The number of nitrogens with zero attached hydrogens (tertiary/aromatic N) is 1. The molecule has 0 saturated heterocycles. The summed E-state index contributed by atoms with van der Waals surface area (Å²) in [6, 6.07) is 5.15. The number of hydrogen-bond donors (Lipinski definition) is 1. The fraction of sp³-hybridized carbons (Fsp3) is 0.600. The molecular weight excluding hydrogens is 243 g/mol. The lowest BCUT2D eigenvalue weighted by atomic mass is 9.95. The molecule has 2 N–H and O–H groups in total. The Morgan fingerprint density at radius 3 is 2.58 bits per heavy atom. The SMILES string of the molecule is COc1ccc(CN(C)C2(CN)CCCC2)cc1F. The van der Waals surface area contributed by atoms with Crippen molar-refractivity contribution in [3.05, 3.63) is 29.6 Å². The highest BCUT2D eigenvalue weighted by molar-refractivity contribution is 5.29. The fourth-order valence-corrected chi connectivity index (χ4v) is 3.02. The maximum Gasteiger partial charge on any atom is 0.165 e. The number of benzene rings is 1. The van der Waals surface area contributed by atoms with E-state index < -0.39 is 0 Å². The first-order valence-corrected chi connectivity index (χ1v) is 6.85. The summed E-state index contributed by atoms with van der Waals surface area (Å²) in [6.45, 7) is 1.39. The Balaban J connectivity index is 2.10. The minimum absolute atomic E-state index is 0.0937. The van der Waals surface area contributed by atoms with E-state index in [0.717, 1.165) is 24.9 Å². The molecule has 2 rings (SSSR count). The van der Waals surface area contributed by atoms with Crippen LogP contribution in [0.15, 0.2) is 18.2 Å². The monoisotopic (exact) mass is 266 g/mol. The van der Waals surface area contributed by atoms with Crippen molar-refractivity contribution in [2.75, 3.05) is 20.7 Å². The van der Waals surface area contributed by atoms with Gasteiger partial charge in [0.05, 0.1) is 7.11 Å². The molecule has 0 radical (unpaired) electrons. The second-order valence-corrected chi connectivity index (χ2v) is 5.46. The van der Waals surface area contributed by atoms with Gasteiger partial charge in [0.15, 0.2) is 11.6 Å². The van der Waals surface area contributed by atoms with Crippen LogP contribution in [0.1, 0.15) is 31.2 Å². The fourth-order valence-electron chi connectivity index (χ4n) is 3.02. The van der Waals surface area contributed by atoms with Crippen molar-refractivity contribution in [1.29, 1.82) is 0 Å². The molecule has 1 fully saturated rings. The molecule has 1 aliphatic carbocycles. The molecule has 0 bridgehead atoms. The molecule has 0 spiro atoms.